The molecule has 0 saturated carbocycles. The smallest absolute Gasteiger partial charge is 0.250 e. The Kier molecular flexibility index (Phi) is 3.23. The molecule has 2 heterocycles. The first-order chi connectivity index (χ1) is 12.4. The Hall–Kier alpha value is -2.66. The minimum absolute atomic E-state index is 0.158. The number of nitrogens with zero attached hydrogens (tertiary/aromatic N) is 2. The average molecular weight is 322 g/mol. The molecular formula is C19H20N4O. The number of benzene rings is 2. The van der Waals surface area contributed by atoms with Crippen LogP contribution in [0, 0.1) is 0 Å². The number of hydrogen-bond donors (Lipinski definition) is 2. The fourth-order valence-corrected chi connectivity index (χ4v) is 3.16. The van der Waals surface area contributed by atoms with Crippen LogP contribution in [0.5, 0.6) is 0 Å². The Morgan fingerprint density at radius 3 is 2.88 bits per heavy atom. The number of hydrogen-bond acceptors (Lipinski definition) is 3. The van der Waals surface area contributed by atoms with Gasteiger partial charge in [0.05, 0.1) is 11.3 Å². The molecule has 1 saturated heterocycles. The van der Waals surface area contributed by atoms with Crippen molar-refractivity contribution < 1.29 is 7.54 Å². The molecule has 0 spiro atoms. The first kappa shape index (κ1) is 12.7. The number of amides is 1. The number of aromatic nitrogens is 2. The second kappa shape index (κ2) is 6.09. The van der Waals surface area contributed by atoms with Crippen LogP contribution in [-0.4, -0.2) is 28.8 Å². The lowest BCUT2D eigenvalue weighted by atomic mass is 9.92. The van der Waals surface area contributed by atoms with Gasteiger partial charge >= 0.3 is 0 Å². The van der Waals surface area contributed by atoms with E-state index in [0.717, 1.165) is 23.2 Å². The van der Waals surface area contributed by atoms with Crippen molar-refractivity contribution in [2.24, 2.45) is 5.73 Å². The third kappa shape index (κ3) is 2.67. The first-order valence-corrected chi connectivity index (χ1v) is 8.02. The highest BCUT2D eigenvalue weighted by Crippen LogP contribution is 2.25. The quantitative estimate of drug-likeness (QED) is 0.778. The highest BCUT2D eigenvalue weighted by molar-refractivity contribution is 6.04. The molecule has 5 nitrogen and oxygen atoms in total. The van der Waals surface area contributed by atoms with Crippen molar-refractivity contribution in [1.29, 1.82) is 0 Å². The van der Waals surface area contributed by atoms with Gasteiger partial charge in [0, 0.05) is 20.9 Å². The van der Waals surface area contributed by atoms with Crippen LogP contribution in [0.3, 0.4) is 0 Å². The predicted octanol–water partition coefficient (Wildman–Crippen LogP) is 2.59. The molecule has 2 aromatic carbocycles. The molecule has 5 heteroatoms. The Labute approximate surface area is 143 Å². The zero-order valence-electron chi connectivity index (χ0n) is 15.2. The molecule has 3 aromatic rings. The zero-order valence-corrected chi connectivity index (χ0v) is 13.2. The summed E-state index contributed by atoms with van der Waals surface area (Å²) in [6.07, 6.45) is 1.22. The Morgan fingerprint density at radius 2 is 2.12 bits per heavy atom. The van der Waals surface area contributed by atoms with E-state index in [9.17, 15) is 4.79 Å². The predicted molar refractivity (Wildman–Crippen MR) is 94.4 cm³/mol. The summed E-state index contributed by atoms with van der Waals surface area (Å²) < 4.78 is 17.6. The van der Waals surface area contributed by atoms with Crippen LogP contribution in [0.4, 0.5) is 0 Å². The molecule has 1 unspecified atom stereocenters. The summed E-state index contributed by atoms with van der Waals surface area (Å²) in [7, 11) is 0. The number of carbonyl (C=O) groups excluding carboxylic acids is 1. The molecule has 1 fully saturated rings. The molecule has 1 aliphatic heterocycles. The summed E-state index contributed by atoms with van der Waals surface area (Å²) in [6, 6.07) is 13.3. The summed E-state index contributed by atoms with van der Waals surface area (Å²) in [4.78, 5) is 11.6. The van der Waals surface area contributed by atoms with Crippen molar-refractivity contribution in [1.82, 2.24) is 15.1 Å². The van der Waals surface area contributed by atoms with Crippen LogP contribution < -0.4 is 11.1 Å². The molecule has 0 aliphatic carbocycles. The van der Waals surface area contributed by atoms with Gasteiger partial charge in [-0.1, -0.05) is 24.3 Å². The first-order valence-electron chi connectivity index (χ1n) is 9.02. The molecule has 1 aliphatic rings. The van der Waals surface area contributed by atoms with E-state index in [-0.39, 0.29) is 5.92 Å². The van der Waals surface area contributed by atoms with Crippen molar-refractivity contribution in [3.8, 4) is 5.69 Å². The van der Waals surface area contributed by atoms with Gasteiger partial charge in [-0.05, 0) is 49.0 Å². The maximum atomic E-state index is 11.6. The monoisotopic (exact) mass is 322 g/mol. The van der Waals surface area contributed by atoms with Gasteiger partial charge in [0.25, 0.3) is 5.91 Å². The van der Waals surface area contributed by atoms with Crippen LogP contribution in [0.2, 0.25) is 0 Å². The van der Waals surface area contributed by atoms with Gasteiger partial charge in [-0.15, -0.1) is 0 Å². The van der Waals surface area contributed by atoms with E-state index in [1.165, 1.54) is 0 Å². The molecule has 122 valence electrons. The van der Waals surface area contributed by atoms with Crippen molar-refractivity contribution in [3.05, 3.63) is 59.8 Å². The highest BCUT2D eigenvalue weighted by Gasteiger charge is 2.15. The van der Waals surface area contributed by atoms with E-state index in [4.69, 9.17) is 8.48 Å². The van der Waals surface area contributed by atoms with Gasteiger partial charge < -0.3 is 11.1 Å². The molecule has 3 N–H and O–H groups in total. The van der Waals surface area contributed by atoms with Crippen molar-refractivity contribution >= 4 is 16.8 Å². The van der Waals surface area contributed by atoms with Crippen LogP contribution in [0.15, 0.2) is 48.7 Å². The van der Waals surface area contributed by atoms with Crippen molar-refractivity contribution in [2.75, 3.05) is 13.1 Å². The molecular weight excluding hydrogens is 300 g/mol. The summed E-state index contributed by atoms with van der Waals surface area (Å²) in [6.45, 7) is 1.19. The number of fused-ring (bicyclic) bond motifs is 1. The normalized spacial score (nSPS) is 21.2. The fraction of sp³-hybridized carbons (Fsp3) is 0.263. The van der Waals surface area contributed by atoms with Gasteiger partial charge in [0.15, 0.2) is 0 Å². The largest absolute Gasteiger partial charge is 0.366 e. The molecule has 4 rings (SSSR count). The number of piperidine rings is 1. The Bertz CT molecular complexity index is 965. The molecule has 1 amide bonds. The SMILES string of the molecule is [2H]C1([2H])CNCC(c2ccc(-n3cc4cccc(C(N)=O)c4n3)cc2)C1. The van der Waals surface area contributed by atoms with E-state index in [0.29, 0.717) is 24.0 Å². The van der Waals surface area contributed by atoms with Crippen LogP contribution in [0.25, 0.3) is 16.6 Å². The number of nitrogens with one attached hydrogen (secondary N) is 1. The Morgan fingerprint density at radius 1 is 1.29 bits per heavy atom. The van der Waals surface area contributed by atoms with Crippen molar-refractivity contribution in [2.45, 2.75) is 18.7 Å². The molecule has 24 heavy (non-hydrogen) atoms. The number of primary amides is 1. The number of rotatable bonds is 3. The van der Waals surface area contributed by atoms with Gasteiger partial charge in [-0.2, -0.15) is 5.10 Å². The van der Waals surface area contributed by atoms with E-state index in [1.807, 2.05) is 36.5 Å². The lowest BCUT2D eigenvalue weighted by molar-refractivity contribution is 0.100. The van der Waals surface area contributed by atoms with Crippen molar-refractivity contribution in [3.63, 3.8) is 0 Å². The number of nitrogens with two attached hydrogens (primary N) is 1. The van der Waals surface area contributed by atoms with Crippen LogP contribution >= 0.6 is 0 Å². The van der Waals surface area contributed by atoms with E-state index < -0.39 is 12.3 Å². The standard InChI is InChI=1S/C19H20N4O/c20-19(24)17-5-1-3-15-12-23(22-18(15)17)16-8-6-13(7-9-16)14-4-2-10-21-11-14/h1,3,5-9,12,14,21H,2,4,10-11H2,(H2,20,24)/i2D2. The second-order valence-corrected chi connectivity index (χ2v) is 6.05. The molecule has 1 aromatic heterocycles. The second-order valence-electron chi connectivity index (χ2n) is 6.05. The van der Waals surface area contributed by atoms with Gasteiger partial charge in [0.2, 0.25) is 0 Å². The van der Waals surface area contributed by atoms with Crippen LogP contribution in [0.1, 0.15) is 37.4 Å². The zero-order chi connectivity index (χ0) is 18.3. The van der Waals surface area contributed by atoms with E-state index in [1.54, 1.807) is 16.8 Å². The Balaban J connectivity index is 1.64. The van der Waals surface area contributed by atoms with Crippen LogP contribution in [-0.2, 0) is 0 Å². The fourth-order valence-electron chi connectivity index (χ4n) is 3.16. The third-order valence-electron chi connectivity index (χ3n) is 4.46. The lowest BCUT2D eigenvalue weighted by Gasteiger charge is -2.23. The average Bonchev–Trinajstić information content (AvgIpc) is 3.05. The molecule has 0 bridgehead atoms. The van der Waals surface area contributed by atoms with Gasteiger partial charge in [-0.25, -0.2) is 4.68 Å². The van der Waals surface area contributed by atoms with Gasteiger partial charge in [-0.3, -0.25) is 4.79 Å². The topological polar surface area (TPSA) is 72.9 Å². The summed E-state index contributed by atoms with van der Waals surface area (Å²) in [5.74, 6) is -0.332. The summed E-state index contributed by atoms with van der Waals surface area (Å²) in [5.41, 5.74) is 8.42. The summed E-state index contributed by atoms with van der Waals surface area (Å²) in [5, 5.41) is 8.54. The van der Waals surface area contributed by atoms with E-state index >= 15 is 0 Å². The maximum Gasteiger partial charge on any atom is 0.250 e. The number of carbonyl (C=O) groups is 1. The molecule has 1 atom stereocenters. The minimum atomic E-state index is -1.17. The minimum Gasteiger partial charge on any atom is -0.366 e. The molecule has 0 radical (unpaired) electrons. The van der Waals surface area contributed by atoms with Gasteiger partial charge in [0.1, 0.15) is 5.52 Å². The third-order valence-corrected chi connectivity index (χ3v) is 4.46. The maximum absolute atomic E-state index is 11.6. The van der Waals surface area contributed by atoms with E-state index in [2.05, 4.69) is 10.4 Å². The highest BCUT2D eigenvalue weighted by atomic mass is 16.1. The lowest BCUT2D eigenvalue weighted by Crippen LogP contribution is -2.28. The summed E-state index contributed by atoms with van der Waals surface area (Å²) >= 11 is 0.